The Kier molecular flexibility index (Phi) is 35.1. The highest BCUT2D eigenvalue weighted by Crippen LogP contribution is 2.14. The molecule has 0 amide bonds. The number of hydrogen-bond donors (Lipinski definition) is 4. The van der Waals surface area contributed by atoms with Gasteiger partial charge in [0.1, 0.15) is 0 Å². The van der Waals surface area contributed by atoms with Gasteiger partial charge in [0.2, 0.25) is 0 Å². The summed E-state index contributed by atoms with van der Waals surface area (Å²) < 4.78 is 0. The number of unbranched alkanes of at least 4 members (excludes halogenated alkanes) is 24. The average Bonchev–Trinajstić information content (AvgIpc) is 2.92. The molecule has 0 atom stereocenters. The van der Waals surface area contributed by atoms with Crippen LogP contribution in [0.3, 0.4) is 0 Å². The highest BCUT2D eigenvalue weighted by Gasteiger charge is 2.00. The van der Waals surface area contributed by atoms with Crippen LogP contribution in [0.1, 0.15) is 193 Å². The fourth-order valence-corrected chi connectivity index (χ4v) is 4.99. The molecular weight excluding hydrogens is 536 g/mol. The van der Waals surface area contributed by atoms with Gasteiger partial charge in [0, 0.05) is 25.7 Å². The minimum Gasteiger partial charge on any atom is -0.481 e. The molecule has 0 heterocycles. The summed E-state index contributed by atoms with van der Waals surface area (Å²) in [5.74, 6) is -2.73. The molecule has 0 spiro atoms. The molecule has 0 aromatic heterocycles. The summed E-state index contributed by atoms with van der Waals surface area (Å²) in [6.07, 6.45) is 31.1. The van der Waals surface area contributed by atoms with Gasteiger partial charge in [-0.3, -0.25) is 19.2 Å². The smallest absolute Gasteiger partial charge is 0.303 e. The first-order valence-electron chi connectivity index (χ1n) is 17.1. The first-order chi connectivity index (χ1) is 20.3. The number of rotatable bonds is 32. The van der Waals surface area contributed by atoms with Crippen molar-refractivity contribution >= 4 is 23.9 Å². The SMILES string of the molecule is O=C(O)CCCCCCCCCCCCCCC(=O)O.O=C(O)CCCCCCCCCCCCCCCCC(=O)O. The summed E-state index contributed by atoms with van der Waals surface area (Å²) in [6, 6.07) is 0. The molecular formula is C34H64O8. The predicted molar refractivity (Wildman–Crippen MR) is 169 cm³/mol. The van der Waals surface area contributed by atoms with E-state index in [1.807, 2.05) is 0 Å². The van der Waals surface area contributed by atoms with Crippen LogP contribution in [0.4, 0.5) is 0 Å². The molecule has 0 aromatic rings. The van der Waals surface area contributed by atoms with Gasteiger partial charge < -0.3 is 20.4 Å². The van der Waals surface area contributed by atoms with E-state index < -0.39 is 23.9 Å². The number of carboxylic acid groups (broad SMARTS) is 4. The average molecular weight is 601 g/mol. The Balaban J connectivity index is 0. The fourth-order valence-electron chi connectivity index (χ4n) is 4.99. The molecule has 0 aromatic carbocycles. The molecule has 42 heavy (non-hydrogen) atoms. The Morgan fingerprint density at radius 2 is 0.310 bits per heavy atom. The molecule has 8 heteroatoms. The fraction of sp³-hybridized carbons (Fsp3) is 0.882. The van der Waals surface area contributed by atoms with Crippen molar-refractivity contribution in [2.24, 2.45) is 0 Å². The molecule has 0 aliphatic heterocycles. The summed E-state index contributed by atoms with van der Waals surface area (Å²) in [5.41, 5.74) is 0. The largest absolute Gasteiger partial charge is 0.481 e. The van der Waals surface area contributed by atoms with Crippen LogP contribution in [0.2, 0.25) is 0 Å². The Morgan fingerprint density at radius 3 is 0.405 bits per heavy atom. The Hall–Kier alpha value is -2.12. The van der Waals surface area contributed by atoms with Crippen molar-refractivity contribution < 1.29 is 39.6 Å². The van der Waals surface area contributed by atoms with E-state index in [1.54, 1.807) is 0 Å². The van der Waals surface area contributed by atoms with Crippen molar-refractivity contribution in [2.75, 3.05) is 0 Å². The molecule has 4 N–H and O–H groups in total. The molecule has 0 radical (unpaired) electrons. The van der Waals surface area contributed by atoms with E-state index in [9.17, 15) is 19.2 Å². The molecule has 0 saturated carbocycles. The third kappa shape index (κ3) is 44.9. The van der Waals surface area contributed by atoms with Crippen molar-refractivity contribution in [3.05, 3.63) is 0 Å². The molecule has 0 saturated heterocycles. The second kappa shape index (κ2) is 35.1. The first kappa shape index (κ1) is 42.0. The topological polar surface area (TPSA) is 149 Å². The second-order valence-corrected chi connectivity index (χ2v) is 11.8. The van der Waals surface area contributed by atoms with Gasteiger partial charge in [0.05, 0.1) is 0 Å². The van der Waals surface area contributed by atoms with E-state index in [1.165, 1.54) is 103 Å². The standard InChI is InChI=1S/C18H34O4.C16H30O4/c19-17(20)15-13-11-9-7-5-3-1-2-4-6-8-10-12-14-16-18(21)22;17-15(18)13-11-9-7-5-3-1-2-4-6-8-10-12-14-16(19)20/h1-16H2,(H,19,20)(H,21,22);1-14H2,(H,17,18)(H,19,20). The van der Waals surface area contributed by atoms with Crippen molar-refractivity contribution in [1.29, 1.82) is 0 Å². The first-order valence-corrected chi connectivity index (χ1v) is 17.1. The Morgan fingerprint density at radius 1 is 0.214 bits per heavy atom. The van der Waals surface area contributed by atoms with Gasteiger partial charge in [-0.2, -0.15) is 0 Å². The van der Waals surface area contributed by atoms with E-state index in [2.05, 4.69) is 0 Å². The van der Waals surface area contributed by atoms with Crippen LogP contribution in [0, 0.1) is 0 Å². The van der Waals surface area contributed by atoms with Crippen LogP contribution >= 0.6 is 0 Å². The maximum absolute atomic E-state index is 10.3. The summed E-state index contributed by atoms with van der Waals surface area (Å²) in [4.78, 5) is 41.3. The van der Waals surface area contributed by atoms with E-state index >= 15 is 0 Å². The van der Waals surface area contributed by atoms with Crippen LogP contribution in [-0.4, -0.2) is 44.3 Å². The zero-order valence-corrected chi connectivity index (χ0v) is 26.6. The van der Waals surface area contributed by atoms with E-state index in [0.29, 0.717) is 25.7 Å². The van der Waals surface area contributed by atoms with Gasteiger partial charge in [0.25, 0.3) is 0 Å². The van der Waals surface area contributed by atoms with Gasteiger partial charge in [-0.25, -0.2) is 0 Å². The lowest BCUT2D eigenvalue weighted by Crippen LogP contribution is -1.93. The van der Waals surface area contributed by atoms with Gasteiger partial charge in [0.15, 0.2) is 0 Å². The van der Waals surface area contributed by atoms with Crippen LogP contribution in [0.5, 0.6) is 0 Å². The molecule has 0 bridgehead atoms. The van der Waals surface area contributed by atoms with E-state index in [-0.39, 0.29) is 0 Å². The highest BCUT2D eigenvalue weighted by atomic mass is 16.4. The Labute approximate surface area is 256 Å². The van der Waals surface area contributed by atoms with Gasteiger partial charge >= 0.3 is 23.9 Å². The summed E-state index contributed by atoms with van der Waals surface area (Å²) in [7, 11) is 0. The molecule has 0 unspecified atom stereocenters. The minimum atomic E-state index is -0.687. The van der Waals surface area contributed by atoms with Crippen LogP contribution < -0.4 is 0 Å². The molecule has 0 rings (SSSR count). The minimum absolute atomic E-state index is 0.307. The van der Waals surface area contributed by atoms with Crippen LogP contribution in [0.25, 0.3) is 0 Å². The molecule has 8 nitrogen and oxygen atoms in total. The number of aliphatic carboxylic acids is 4. The molecule has 248 valence electrons. The zero-order chi connectivity index (χ0) is 31.5. The van der Waals surface area contributed by atoms with E-state index in [0.717, 1.165) is 64.2 Å². The zero-order valence-electron chi connectivity index (χ0n) is 26.6. The van der Waals surface area contributed by atoms with Crippen molar-refractivity contribution in [3.8, 4) is 0 Å². The molecule has 0 aliphatic rings. The second-order valence-electron chi connectivity index (χ2n) is 11.8. The van der Waals surface area contributed by atoms with Crippen LogP contribution in [0.15, 0.2) is 0 Å². The Bertz CT molecular complexity index is 581. The third-order valence-electron chi connectivity index (χ3n) is 7.56. The monoisotopic (exact) mass is 600 g/mol. The predicted octanol–water partition coefficient (Wildman–Crippen LogP) is 10.0. The molecule has 0 fully saturated rings. The van der Waals surface area contributed by atoms with Gasteiger partial charge in [-0.15, -0.1) is 0 Å². The van der Waals surface area contributed by atoms with E-state index in [4.69, 9.17) is 20.4 Å². The lowest BCUT2D eigenvalue weighted by atomic mass is 10.0. The maximum atomic E-state index is 10.3. The number of carboxylic acids is 4. The lowest BCUT2D eigenvalue weighted by molar-refractivity contribution is -0.138. The summed E-state index contributed by atoms with van der Waals surface area (Å²) in [5, 5.41) is 34.0. The summed E-state index contributed by atoms with van der Waals surface area (Å²) >= 11 is 0. The van der Waals surface area contributed by atoms with Crippen molar-refractivity contribution in [1.82, 2.24) is 0 Å². The summed E-state index contributed by atoms with van der Waals surface area (Å²) in [6.45, 7) is 0. The van der Waals surface area contributed by atoms with Gasteiger partial charge in [-0.1, -0.05) is 141 Å². The number of carbonyl (C=O) groups is 4. The highest BCUT2D eigenvalue weighted by molar-refractivity contribution is 5.67. The van der Waals surface area contributed by atoms with Crippen molar-refractivity contribution in [3.63, 3.8) is 0 Å². The van der Waals surface area contributed by atoms with Crippen LogP contribution in [-0.2, 0) is 19.2 Å². The normalized spacial score (nSPS) is 10.7. The molecule has 0 aliphatic carbocycles. The van der Waals surface area contributed by atoms with Gasteiger partial charge in [-0.05, 0) is 25.7 Å². The number of hydrogen-bond acceptors (Lipinski definition) is 4. The lowest BCUT2D eigenvalue weighted by Gasteiger charge is -2.03. The third-order valence-corrected chi connectivity index (χ3v) is 7.56. The van der Waals surface area contributed by atoms with Crippen molar-refractivity contribution in [2.45, 2.75) is 193 Å². The quantitative estimate of drug-likeness (QED) is 0.0557. The maximum Gasteiger partial charge on any atom is 0.303 e.